The van der Waals surface area contributed by atoms with Crippen molar-refractivity contribution in [2.75, 3.05) is 5.32 Å². The minimum absolute atomic E-state index is 0.0545. The van der Waals surface area contributed by atoms with E-state index in [9.17, 15) is 20.2 Å². The first-order valence-corrected chi connectivity index (χ1v) is 8.31. The molecule has 0 unspecified atom stereocenters. The highest BCUT2D eigenvalue weighted by atomic mass is 16.6. The Morgan fingerprint density at radius 2 is 1.93 bits per heavy atom. The molecule has 0 aliphatic carbocycles. The highest BCUT2D eigenvalue weighted by Crippen LogP contribution is 2.26. The molecule has 1 heterocycles. The molecule has 7 heteroatoms. The van der Waals surface area contributed by atoms with E-state index in [1.165, 1.54) is 18.2 Å². The summed E-state index contributed by atoms with van der Waals surface area (Å²) in [6, 6.07) is 18.3. The van der Waals surface area contributed by atoms with E-state index in [-0.39, 0.29) is 17.0 Å². The molecule has 0 atom stereocenters. The van der Waals surface area contributed by atoms with Crippen molar-refractivity contribution in [3.63, 3.8) is 0 Å². The van der Waals surface area contributed by atoms with Crippen LogP contribution in [0.5, 0.6) is 0 Å². The number of hydrogen-bond donors (Lipinski definition) is 1. The second-order valence-corrected chi connectivity index (χ2v) is 6.00. The fourth-order valence-electron chi connectivity index (χ4n) is 2.48. The Morgan fingerprint density at radius 1 is 1.18 bits per heavy atom. The molecule has 0 spiro atoms. The molecular weight excluding hydrogens is 358 g/mol. The number of nitrogens with one attached hydrogen (secondary N) is 1. The van der Waals surface area contributed by atoms with Gasteiger partial charge in [-0.3, -0.25) is 14.9 Å². The Kier molecular flexibility index (Phi) is 5.33. The summed E-state index contributed by atoms with van der Waals surface area (Å²) in [7, 11) is 0. The van der Waals surface area contributed by atoms with Gasteiger partial charge in [-0.1, -0.05) is 29.8 Å². The number of hydrogen-bond acceptors (Lipinski definition) is 5. The van der Waals surface area contributed by atoms with Crippen molar-refractivity contribution in [1.82, 2.24) is 0 Å². The first-order chi connectivity index (χ1) is 13.5. The molecule has 2 aromatic carbocycles. The molecule has 138 valence electrons. The Bertz CT molecular complexity index is 1110. The van der Waals surface area contributed by atoms with Gasteiger partial charge in [-0.25, -0.2) is 0 Å². The minimum Gasteiger partial charge on any atom is -0.457 e. The van der Waals surface area contributed by atoms with Gasteiger partial charge in [0, 0.05) is 29.5 Å². The molecule has 1 amide bonds. The maximum atomic E-state index is 12.3. The van der Waals surface area contributed by atoms with Gasteiger partial charge in [-0.05, 0) is 31.2 Å². The van der Waals surface area contributed by atoms with E-state index in [2.05, 4.69) is 5.32 Å². The van der Waals surface area contributed by atoms with Crippen molar-refractivity contribution in [3.8, 4) is 17.4 Å². The fraction of sp³-hybridized carbons (Fsp3) is 0.0476. The van der Waals surface area contributed by atoms with Gasteiger partial charge in [-0.15, -0.1) is 0 Å². The molecule has 0 aliphatic heterocycles. The van der Waals surface area contributed by atoms with Crippen molar-refractivity contribution in [3.05, 3.63) is 87.7 Å². The van der Waals surface area contributed by atoms with Crippen LogP contribution in [0.2, 0.25) is 0 Å². The largest absolute Gasteiger partial charge is 0.457 e. The summed E-state index contributed by atoms with van der Waals surface area (Å²) >= 11 is 0. The lowest BCUT2D eigenvalue weighted by Crippen LogP contribution is -2.13. The number of rotatable bonds is 5. The van der Waals surface area contributed by atoms with E-state index in [1.807, 2.05) is 25.1 Å². The van der Waals surface area contributed by atoms with Crippen LogP contribution in [0.25, 0.3) is 17.4 Å². The van der Waals surface area contributed by atoms with Gasteiger partial charge in [-0.2, -0.15) is 5.26 Å². The summed E-state index contributed by atoms with van der Waals surface area (Å²) in [6.45, 7) is 1.93. The third-order valence-electron chi connectivity index (χ3n) is 3.93. The summed E-state index contributed by atoms with van der Waals surface area (Å²) in [4.78, 5) is 22.7. The highest BCUT2D eigenvalue weighted by molar-refractivity contribution is 6.09. The number of nitro benzene ring substituents is 1. The van der Waals surface area contributed by atoms with Gasteiger partial charge in [0.15, 0.2) is 0 Å². The monoisotopic (exact) mass is 373 g/mol. The lowest BCUT2D eigenvalue weighted by atomic mass is 10.1. The van der Waals surface area contributed by atoms with Crippen LogP contribution in [-0.2, 0) is 4.79 Å². The van der Waals surface area contributed by atoms with Crippen LogP contribution in [0.4, 0.5) is 11.4 Å². The number of amides is 1. The number of nitrogens with zero attached hydrogens (tertiary/aromatic N) is 2. The molecule has 0 radical (unpaired) electrons. The number of nitro groups is 1. The average Bonchev–Trinajstić information content (AvgIpc) is 3.16. The van der Waals surface area contributed by atoms with Crippen LogP contribution < -0.4 is 5.32 Å². The Hall–Kier alpha value is -4.18. The third-order valence-corrected chi connectivity index (χ3v) is 3.93. The zero-order valence-electron chi connectivity index (χ0n) is 14.9. The summed E-state index contributed by atoms with van der Waals surface area (Å²) in [5, 5.41) is 22.9. The SMILES string of the molecule is Cc1ccc(NC(=O)/C(C#N)=C/c2ccc(-c3cccc([N+](=O)[O-])c3)o2)cc1. The maximum absolute atomic E-state index is 12.3. The van der Waals surface area contributed by atoms with Crippen molar-refractivity contribution >= 4 is 23.4 Å². The fourth-order valence-corrected chi connectivity index (χ4v) is 2.48. The van der Waals surface area contributed by atoms with Gasteiger partial charge in [0.25, 0.3) is 11.6 Å². The predicted molar refractivity (Wildman–Crippen MR) is 104 cm³/mol. The number of carbonyl (C=O) groups excluding carboxylic acids is 1. The van der Waals surface area contributed by atoms with E-state index in [4.69, 9.17) is 4.42 Å². The number of nitriles is 1. The van der Waals surface area contributed by atoms with Crippen LogP contribution >= 0.6 is 0 Å². The van der Waals surface area contributed by atoms with E-state index < -0.39 is 10.8 Å². The molecule has 0 saturated carbocycles. The van der Waals surface area contributed by atoms with E-state index in [0.717, 1.165) is 5.56 Å². The second-order valence-electron chi connectivity index (χ2n) is 6.00. The molecule has 0 saturated heterocycles. The van der Waals surface area contributed by atoms with Crippen molar-refractivity contribution < 1.29 is 14.1 Å². The molecule has 7 nitrogen and oxygen atoms in total. The van der Waals surface area contributed by atoms with Crippen molar-refractivity contribution in [1.29, 1.82) is 5.26 Å². The molecular formula is C21H15N3O4. The van der Waals surface area contributed by atoms with E-state index in [0.29, 0.717) is 17.0 Å². The van der Waals surface area contributed by atoms with Crippen LogP contribution in [0.3, 0.4) is 0 Å². The number of carbonyl (C=O) groups is 1. The molecule has 1 N–H and O–H groups in total. The maximum Gasteiger partial charge on any atom is 0.270 e. The molecule has 28 heavy (non-hydrogen) atoms. The summed E-state index contributed by atoms with van der Waals surface area (Å²) in [5.74, 6) is 0.128. The van der Waals surface area contributed by atoms with Gasteiger partial charge in [0.2, 0.25) is 0 Å². The van der Waals surface area contributed by atoms with Gasteiger partial charge in [0.1, 0.15) is 23.2 Å². The molecule has 3 rings (SSSR count). The molecule has 3 aromatic rings. The molecule has 1 aromatic heterocycles. The molecule has 0 aliphatic rings. The first kappa shape index (κ1) is 18.6. The first-order valence-electron chi connectivity index (χ1n) is 8.31. The second kappa shape index (κ2) is 8.01. The zero-order chi connectivity index (χ0) is 20.1. The Balaban J connectivity index is 1.81. The number of benzene rings is 2. The van der Waals surface area contributed by atoms with Gasteiger partial charge >= 0.3 is 0 Å². The van der Waals surface area contributed by atoms with E-state index >= 15 is 0 Å². The number of anilines is 1. The van der Waals surface area contributed by atoms with Crippen LogP contribution in [0.15, 0.2) is 70.7 Å². The van der Waals surface area contributed by atoms with Crippen LogP contribution in [0.1, 0.15) is 11.3 Å². The Morgan fingerprint density at radius 3 is 2.61 bits per heavy atom. The minimum atomic E-state index is -0.556. The third kappa shape index (κ3) is 4.31. The highest BCUT2D eigenvalue weighted by Gasteiger charge is 2.13. The predicted octanol–water partition coefficient (Wildman–Crippen LogP) is 4.71. The number of furan rings is 1. The topological polar surface area (TPSA) is 109 Å². The average molecular weight is 373 g/mol. The normalized spacial score (nSPS) is 10.9. The van der Waals surface area contributed by atoms with Crippen molar-refractivity contribution in [2.45, 2.75) is 6.92 Å². The summed E-state index contributed by atoms with van der Waals surface area (Å²) in [5.41, 5.74) is 1.98. The smallest absolute Gasteiger partial charge is 0.270 e. The lowest BCUT2D eigenvalue weighted by Gasteiger charge is -2.04. The quantitative estimate of drug-likeness (QED) is 0.301. The summed E-state index contributed by atoms with van der Waals surface area (Å²) in [6.07, 6.45) is 1.32. The zero-order valence-corrected chi connectivity index (χ0v) is 14.9. The van der Waals surface area contributed by atoms with Gasteiger partial charge < -0.3 is 9.73 Å². The molecule has 0 bridgehead atoms. The number of aryl methyl sites for hydroxylation is 1. The van der Waals surface area contributed by atoms with Gasteiger partial charge in [0.05, 0.1) is 4.92 Å². The number of non-ortho nitro benzene ring substituents is 1. The lowest BCUT2D eigenvalue weighted by molar-refractivity contribution is -0.384. The van der Waals surface area contributed by atoms with E-state index in [1.54, 1.807) is 36.4 Å². The molecule has 0 fully saturated rings. The van der Waals surface area contributed by atoms with Crippen LogP contribution in [0, 0.1) is 28.4 Å². The van der Waals surface area contributed by atoms with Crippen LogP contribution in [-0.4, -0.2) is 10.8 Å². The Labute approximate surface area is 160 Å². The summed E-state index contributed by atoms with van der Waals surface area (Å²) < 4.78 is 5.62. The standard InChI is InChI=1S/C21H15N3O4/c1-14-5-7-17(8-6-14)23-21(25)16(13-22)12-19-9-10-20(28-19)15-3-2-4-18(11-15)24(26)27/h2-12H,1H3,(H,23,25)/b16-12+. The van der Waals surface area contributed by atoms with Crippen molar-refractivity contribution in [2.24, 2.45) is 0 Å².